The number of hydrogen-bond acceptors (Lipinski definition) is 1. The van der Waals surface area contributed by atoms with E-state index in [1.165, 1.54) is 0 Å². The van der Waals surface area contributed by atoms with Crippen molar-refractivity contribution >= 4 is 15.9 Å². The van der Waals surface area contributed by atoms with Gasteiger partial charge in [-0.3, -0.25) is 0 Å². The van der Waals surface area contributed by atoms with Gasteiger partial charge >= 0.3 is 0 Å². The van der Waals surface area contributed by atoms with Crippen LogP contribution in [0.2, 0.25) is 0 Å². The molecule has 1 aromatic rings. The minimum absolute atomic E-state index is 0.812. The average Bonchev–Trinajstić information content (AvgIpc) is 2.34. The Kier molecular flexibility index (Phi) is 2.34. The molecule has 1 heterocycles. The summed E-state index contributed by atoms with van der Waals surface area (Å²) in [7, 11) is 0. The van der Waals surface area contributed by atoms with E-state index >= 15 is 0 Å². The fourth-order valence-corrected chi connectivity index (χ4v) is 0.986. The van der Waals surface area contributed by atoms with E-state index < -0.39 is 0 Å². The first-order valence-corrected chi connectivity index (χ1v) is 4.12. The zero-order valence-electron chi connectivity index (χ0n) is 5.36. The van der Waals surface area contributed by atoms with Gasteiger partial charge in [0.05, 0.1) is 5.33 Å². The van der Waals surface area contributed by atoms with Gasteiger partial charge in [-0.25, -0.2) is 0 Å². The third-order valence-corrected chi connectivity index (χ3v) is 1.75. The lowest BCUT2D eigenvalue weighted by Gasteiger charge is -1.85. The van der Waals surface area contributed by atoms with Crippen molar-refractivity contribution in [2.24, 2.45) is 0 Å². The molecule has 0 saturated heterocycles. The van der Waals surface area contributed by atoms with Crippen LogP contribution in [0, 0.1) is 0 Å². The van der Waals surface area contributed by atoms with Gasteiger partial charge in [-0.15, -0.1) is 0 Å². The summed E-state index contributed by atoms with van der Waals surface area (Å²) in [5.41, 5.74) is 0. The quantitative estimate of drug-likeness (QED) is 0.652. The summed E-state index contributed by atoms with van der Waals surface area (Å²) in [5.74, 6) is 2.07. The summed E-state index contributed by atoms with van der Waals surface area (Å²) >= 11 is 3.31. The molecule has 0 aliphatic heterocycles. The molecule has 2 heteroatoms. The average molecular weight is 189 g/mol. The largest absolute Gasteiger partial charge is 0.465 e. The molecule has 0 amide bonds. The van der Waals surface area contributed by atoms with Crippen LogP contribution in [-0.4, -0.2) is 0 Å². The summed E-state index contributed by atoms with van der Waals surface area (Å²) < 4.78 is 5.34. The molecule has 0 atom stereocenters. The maximum Gasteiger partial charge on any atom is 0.114 e. The van der Waals surface area contributed by atoms with Crippen LogP contribution in [0.4, 0.5) is 0 Å². The molecule has 1 aromatic heterocycles. The lowest BCUT2D eigenvalue weighted by molar-refractivity contribution is 0.486. The number of furan rings is 1. The molecule has 0 aliphatic rings. The molecule has 0 fully saturated rings. The first-order valence-electron chi connectivity index (χ1n) is 3.00. The van der Waals surface area contributed by atoms with Crippen LogP contribution in [0.25, 0.3) is 0 Å². The summed E-state index contributed by atoms with van der Waals surface area (Å²) in [6, 6.07) is 4.00. The molecule has 0 N–H and O–H groups in total. The molecule has 0 aromatic carbocycles. The summed E-state index contributed by atoms with van der Waals surface area (Å²) in [5, 5.41) is 0.812. The molecule has 0 saturated carbocycles. The summed E-state index contributed by atoms with van der Waals surface area (Å²) in [6.07, 6.45) is 0.979. The van der Waals surface area contributed by atoms with Gasteiger partial charge < -0.3 is 4.42 Å². The standard InChI is InChI=1S/C7H9BrO/c1-2-6-3-4-7(5-8)9-6/h3-4H,2,5H2,1H3. The molecule has 9 heavy (non-hydrogen) atoms. The van der Waals surface area contributed by atoms with Crippen molar-refractivity contribution in [3.8, 4) is 0 Å². The zero-order valence-corrected chi connectivity index (χ0v) is 6.94. The Morgan fingerprint density at radius 2 is 2.11 bits per heavy atom. The van der Waals surface area contributed by atoms with Crippen LogP contribution < -0.4 is 0 Å². The van der Waals surface area contributed by atoms with Gasteiger partial charge in [0, 0.05) is 6.42 Å². The summed E-state index contributed by atoms with van der Waals surface area (Å²) in [6.45, 7) is 2.08. The number of rotatable bonds is 2. The van der Waals surface area contributed by atoms with Crippen molar-refractivity contribution in [3.05, 3.63) is 23.7 Å². The third kappa shape index (κ3) is 1.58. The molecule has 0 bridgehead atoms. The van der Waals surface area contributed by atoms with Gasteiger partial charge in [-0.05, 0) is 12.1 Å². The molecule has 0 aliphatic carbocycles. The number of alkyl halides is 1. The number of halogens is 1. The topological polar surface area (TPSA) is 13.1 Å². The molecular weight excluding hydrogens is 180 g/mol. The minimum Gasteiger partial charge on any atom is -0.465 e. The Hall–Kier alpha value is -0.240. The normalized spacial score (nSPS) is 10.0. The maximum atomic E-state index is 5.34. The third-order valence-electron chi connectivity index (χ3n) is 1.20. The lowest BCUT2D eigenvalue weighted by Crippen LogP contribution is -1.70. The van der Waals surface area contributed by atoms with Gasteiger partial charge in [0.2, 0.25) is 0 Å². The van der Waals surface area contributed by atoms with Crippen LogP contribution in [0.1, 0.15) is 18.4 Å². The van der Waals surface area contributed by atoms with E-state index in [1.54, 1.807) is 0 Å². The molecule has 0 unspecified atom stereocenters. The predicted molar refractivity (Wildman–Crippen MR) is 40.7 cm³/mol. The summed E-state index contributed by atoms with van der Waals surface area (Å²) in [4.78, 5) is 0. The van der Waals surface area contributed by atoms with Crippen molar-refractivity contribution in [1.82, 2.24) is 0 Å². The highest BCUT2D eigenvalue weighted by Crippen LogP contribution is 2.10. The second-order valence-electron chi connectivity index (χ2n) is 1.86. The first-order chi connectivity index (χ1) is 4.36. The van der Waals surface area contributed by atoms with Crippen LogP contribution in [0.5, 0.6) is 0 Å². The van der Waals surface area contributed by atoms with Gasteiger partial charge in [0.15, 0.2) is 0 Å². The second-order valence-corrected chi connectivity index (χ2v) is 2.42. The highest BCUT2D eigenvalue weighted by molar-refractivity contribution is 9.08. The Balaban J connectivity index is 2.74. The highest BCUT2D eigenvalue weighted by atomic mass is 79.9. The predicted octanol–water partition coefficient (Wildman–Crippen LogP) is 2.74. The highest BCUT2D eigenvalue weighted by Gasteiger charge is 1.95. The van der Waals surface area contributed by atoms with E-state index in [0.717, 1.165) is 23.3 Å². The molecule has 1 nitrogen and oxygen atoms in total. The molecule has 50 valence electrons. The van der Waals surface area contributed by atoms with E-state index in [9.17, 15) is 0 Å². The second kappa shape index (κ2) is 3.06. The SMILES string of the molecule is CCc1ccc(CBr)o1. The molecule has 0 radical (unpaired) electrons. The van der Waals surface area contributed by atoms with Crippen LogP contribution in [0.3, 0.4) is 0 Å². The number of aryl methyl sites for hydroxylation is 1. The smallest absolute Gasteiger partial charge is 0.114 e. The van der Waals surface area contributed by atoms with Crippen molar-refractivity contribution in [1.29, 1.82) is 0 Å². The molecular formula is C7H9BrO. The van der Waals surface area contributed by atoms with Gasteiger partial charge in [-0.2, -0.15) is 0 Å². The minimum atomic E-state index is 0.812. The van der Waals surface area contributed by atoms with Crippen LogP contribution in [-0.2, 0) is 11.8 Å². The van der Waals surface area contributed by atoms with E-state index in [-0.39, 0.29) is 0 Å². The Morgan fingerprint density at radius 3 is 2.44 bits per heavy atom. The molecule has 1 rings (SSSR count). The van der Waals surface area contributed by atoms with Crippen molar-refractivity contribution in [2.75, 3.05) is 0 Å². The van der Waals surface area contributed by atoms with Crippen molar-refractivity contribution in [3.63, 3.8) is 0 Å². The van der Waals surface area contributed by atoms with Crippen molar-refractivity contribution in [2.45, 2.75) is 18.7 Å². The van der Waals surface area contributed by atoms with E-state index in [0.29, 0.717) is 0 Å². The van der Waals surface area contributed by atoms with Gasteiger partial charge in [0.25, 0.3) is 0 Å². The Labute approximate surface area is 63.2 Å². The van der Waals surface area contributed by atoms with Gasteiger partial charge in [-0.1, -0.05) is 22.9 Å². The fourth-order valence-electron chi connectivity index (χ4n) is 0.684. The Bertz CT molecular complexity index is 162. The van der Waals surface area contributed by atoms with Crippen LogP contribution in [0.15, 0.2) is 16.5 Å². The first kappa shape index (κ1) is 6.87. The van der Waals surface area contributed by atoms with E-state index in [2.05, 4.69) is 22.9 Å². The van der Waals surface area contributed by atoms with Crippen LogP contribution >= 0.6 is 15.9 Å². The van der Waals surface area contributed by atoms with Gasteiger partial charge in [0.1, 0.15) is 11.5 Å². The lowest BCUT2D eigenvalue weighted by atomic mass is 10.4. The molecule has 0 spiro atoms. The zero-order chi connectivity index (χ0) is 6.69. The number of hydrogen-bond donors (Lipinski definition) is 0. The maximum absolute atomic E-state index is 5.34. The Morgan fingerprint density at radius 1 is 1.44 bits per heavy atom. The monoisotopic (exact) mass is 188 g/mol. The van der Waals surface area contributed by atoms with E-state index in [1.807, 2.05) is 12.1 Å². The van der Waals surface area contributed by atoms with E-state index in [4.69, 9.17) is 4.42 Å². The van der Waals surface area contributed by atoms with Crippen molar-refractivity contribution < 1.29 is 4.42 Å². The fraction of sp³-hybridized carbons (Fsp3) is 0.429.